The average molecular weight is 336 g/mol. The van der Waals surface area contributed by atoms with Crippen LogP contribution in [0.3, 0.4) is 0 Å². The van der Waals surface area contributed by atoms with Crippen molar-refractivity contribution in [2.45, 2.75) is 31.7 Å². The van der Waals surface area contributed by atoms with Gasteiger partial charge in [0.1, 0.15) is 0 Å². The number of hydrogen-bond donors (Lipinski definition) is 3. The van der Waals surface area contributed by atoms with Gasteiger partial charge in [-0.05, 0) is 42.5 Å². The van der Waals surface area contributed by atoms with Crippen molar-refractivity contribution in [3.05, 3.63) is 53.5 Å². The second-order valence-electron chi connectivity index (χ2n) is 6.17. The highest BCUT2D eigenvalue weighted by atomic mass is 15.1. The number of benzene rings is 1. The molecule has 1 aromatic carbocycles. The van der Waals surface area contributed by atoms with Gasteiger partial charge in [-0.2, -0.15) is 0 Å². The fourth-order valence-electron chi connectivity index (χ4n) is 3.14. The number of aromatic nitrogens is 2. The molecule has 1 heterocycles. The molecular weight excluding hydrogens is 312 g/mol. The van der Waals surface area contributed by atoms with E-state index < -0.39 is 0 Å². The van der Waals surface area contributed by atoms with Crippen LogP contribution in [0.25, 0.3) is 11.3 Å². The minimum Gasteiger partial charge on any atom is -0.403 e. The molecule has 5 N–H and O–H groups in total. The van der Waals surface area contributed by atoms with Crippen molar-refractivity contribution in [3.8, 4) is 11.3 Å². The van der Waals surface area contributed by atoms with Crippen LogP contribution >= 0.6 is 0 Å². The average Bonchev–Trinajstić information content (AvgIpc) is 2.82. The van der Waals surface area contributed by atoms with Crippen molar-refractivity contribution in [3.63, 3.8) is 0 Å². The fraction of sp³-hybridized carbons (Fsp3) is 0.316. The molecule has 0 radical (unpaired) electrons. The Hall–Kier alpha value is -2.73. The molecule has 1 aliphatic carbocycles. The van der Waals surface area contributed by atoms with Gasteiger partial charge in [0.25, 0.3) is 0 Å². The van der Waals surface area contributed by atoms with Gasteiger partial charge in [0.15, 0.2) is 0 Å². The van der Waals surface area contributed by atoms with Crippen molar-refractivity contribution >= 4 is 12.2 Å². The number of rotatable bonds is 4. The van der Waals surface area contributed by atoms with Crippen molar-refractivity contribution in [2.75, 3.05) is 12.4 Å². The van der Waals surface area contributed by atoms with E-state index in [2.05, 4.69) is 38.5 Å². The highest BCUT2D eigenvalue weighted by molar-refractivity contribution is 5.82. The monoisotopic (exact) mass is 336 g/mol. The maximum atomic E-state index is 6.29. The standard InChI is InChI=1S/C19H24N6/c1-22-12-15(11-20)24-19-23-9-8-18(25-19)14-6-7-16-13(10-14)4-2-3-5-17(16)21/h6-12,17H,2-5,20-21H2,1H3,(H,23,24,25). The lowest BCUT2D eigenvalue weighted by Gasteiger charge is -2.14. The first-order valence-electron chi connectivity index (χ1n) is 8.54. The van der Waals surface area contributed by atoms with Crippen LogP contribution in [0.1, 0.15) is 36.4 Å². The lowest BCUT2D eigenvalue weighted by Crippen LogP contribution is -2.10. The number of hydrogen-bond acceptors (Lipinski definition) is 6. The smallest absolute Gasteiger partial charge is 0.227 e. The Labute approximate surface area is 148 Å². The highest BCUT2D eigenvalue weighted by Gasteiger charge is 2.16. The largest absolute Gasteiger partial charge is 0.403 e. The van der Waals surface area contributed by atoms with Crippen LogP contribution in [0.5, 0.6) is 0 Å². The third-order valence-electron chi connectivity index (χ3n) is 4.41. The minimum atomic E-state index is 0.139. The fourth-order valence-corrected chi connectivity index (χ4v) is 3.14. The Morgan fingerprint density at radius 3 is 3.00 bits per heavy atom. The zero-order valence-corrected chi connectivity index (χ0v) is 14.4. The van der Waals surface area contributed by atoms with E-state index in [1.807, 2.05) is 6.07 Å². The molecule has 6 heteroatoms. The molecule has 25 heavy (non-hydrogen) atoms. The molecule has 1 aliphatic rings. The maximum absolute atomic E-state index is 6.29. The third-order valence-corrected chi connectivity index (χ3v) is 4.41. The third kappa shape index (κ3) is 4.03. The first-order valence-corrected chi connectivity index (χ1v) is 8.54. The van der Waals surface area contributed by atoms with Crippen molar-refractivity contribution in [1.29, 1.82) is 0 Å². The van der Waals surface area contributed by atoms with E-state index in [0.29, 0.717) is 11.6 Å². The predicted octanol–water partition coefficient (Wildman–Crippen LogP) is 2.78. The number of allylic oxidation sites excluding steroid dienone is 1. The molecule has 1 atom stereocenters. The van der Waals surface area contributed by atoms with E-state index in [1.165, 1.54) is 30.2 Å². The molecule has 0 spiro atoms. The number of nitrogens with two attached hydrogens (primary N) is 2. The van der Waals surface area contributed by atoms with Gasteiger partial charge in [-0.15, -0.1) is 0 Å². The van der Waals surface area contributed by atoms with E-state index in [4.69, 9.17) is 11.5 Å². The summed E-state index contributed by atoms with van der Waals surface area (Å²) in [5.41, 5.74) is 17.0. The van der Waals surface area contributed by atoms with E-state index in [-0.39, 0.29) is 6.04 Å². The highest BCUT2D eigenvalue weighted by Crippen LogP contribution is 2.30. The summed E-state index contributed by atoms with van der Waals surface area (Å²) in [5.74, 6) is 0.487. The Kier molecular flexibility index (Phi) is 5.40. The molecule has 0 aliphatic heterocycles. The predicted molar refractivity (Wildman–Crippen MR) is 102 cm³/mol. The molecular formula is C19H24N6. The lowest BCUT2D eigenvalue weighted by atomic mass is 9.96. The van der Waals surface area contributed by atoms with E-state index in [1.54, 1.807) is 19.5 Å². The second kappa shape index (κ2) is 7.90. The van der Waals surface area contributed by atoms with Crippen LogP contribution in [-0.4, -0.2) is 23.2 Å². The second-order valence-corrected chi connectivity index (χ2v) is 6.17. The number of aliphatic imine (C=N–C) groups is 1. The molecule has 0 bridgehead atoms. The summed E-state index contributed by atoms with van der Waals surface area (Å²) in [6.45, 7) is 0. The van der Waals surface area contributed by atoms with Gasteiger partial charge in [0.2, 0.25) is 5.95 Å². The molecule has 6 nitrogen and oxygen atoms in total. The normalized spacial score (nSPS) is 18.0. The molecule has 130 valence electrons. The molecule has 0 fully saturated rings. The van der Waals surface area contributed by atoms with E-state index in [0.717, 1.165) is 24.1 Å². The summed E-state index contributed by atoms with van der Waals surface area (Å²) < 4.78 is 0. The number of aryl methyl sites for hydroxylation is 1. The molecule has 0 saturated heterocycles. The first-order chi connectivity index (χ1) is 12.2. The summed E-state index contributed by atoms with van der Waals surface area (Å²) in [6.07, 6.45) is 9.29. The van der Waals surface area contributed by atoms with Gasteiger partial charge >= 0.3 is 0 Å². The van der Waals surface area contributed by atoms with Crippen LogP contribution in [0.2, 0.25) is 0 Å². The molecule has 3 rings (SSSR count). The molecule has 2 aromatic rings. The van der Waals surface area contributed by atoms with Crippen LogP contribution in [-0.2, 0) is 6.42 Å². The summed E-state index contributed by atoms with van der Waals surface area (Å²) in [7, 11) is 1.68. The molecule has 0 amide bonds. The summed E-state index contributed by atoms with van der Waals surface area (Å²) >= 11 is 0. The van der Waals surface area contributed by atoms with Crippen LogP contribution in [0.15, 0.2) is 47.4 Å². The SMILES string of the molecule is CN=CC(=CN)Nc1nccc(-c2ccc3c(c2)CCCCC3N)n1. The molecule has 0 saturated carbocycles. The van der Waals surface area contributed by atoms with Crippen molar-refractivity contribution in [1.82, 2.24) is 9.97 Å². The van der Waals surface area contributed by atoms with Crippen LogP contribution < -0.4 is 16.8 Å². The van der Waals surface area contributed by atoms with Crippen LogP contribution in [0.4, 0.5) is 5.95 Å². The van der Waals surface area contributed by atoms with Gasteiger partial charge in [0, 0.05) is 37.3 Å². The lowest BCUT2D eigenvalue weighted by molar-refractivity contribution is 0.615. The van der Waals surface area contributed by atoms with Gasteiger partial charge in [0.05, 0.1) is 11.4 Å². The molecule has 1 unspecified atom stereocenters. The number of nitrogens with one attached hydrogen (secondary N) is 1. The van der Waals surface area contributed by atoms with E-state index in [9.17, 15) is 0 Å². The summed E-state index contributed by atoms with van der Waals surface area (Å²) in [4.78, 5) is 12.8. The van der Waals surface area contributed by atoms with Crippen molar-refractivity contribution in [2.24, 2.45) is 16.5 Å². The van der Waals surface area contributed by atoms with E-state index >= 15 is 0 Å². The Bertz CT molecular complexity index is 796. The maximum Gasteiger partial charge on any atom is 0.227 e. The van der Waals surface area contributed by atoms with Gasteiger partial charge in [-0.25, -0.2) is 9.97 Å². The minimum absolute atomic E-state index is 0.139. The zero-order chi connectivity index (χ0) is 17.6. The molecule has 1 aromatic heterocycles. The topological polar surface area (TPSA) is 102 Å². The Morgan fingerprint density at radius 2 is 2.20 bits per heavy atom. The van der Waals surface area contributed by atoms with Gasteiger partial charge in [-0.3, -0.25) is 4.99 Å². The number of fused-ring (bicyclic) bond motifs is 1. The summed E-state index contributed by atoms with van der Waals surface area (Å²) in [6, 6.07) is 8.48. The van der Waals surface area contributed by atoms with Crippen LogP contribution in [0, 0.1) is 0 Å². The van der Waals surface area contributed by atoms with Gasteiger partial charge in [-0.1, -0.05) is 18.6 Å². The Balaban J connectivity index is 1.90. The number of anilines is 1. The Morgan fingerprint density at radius 1 is 1.32 bits per heavy atom. The summed E-state index contributed by atoms with van der Waals surface area (Å²) in [5, 5.41) is 3.06. The quantitative estimate of drug-likeness (QED) is 0.588. The van der Waals surface area contributed by atoms with Gasteiger partial charge < -0.3 is 16.8 Å². The number of nitrogens with zero attached hydrogens (tertiary/aromatic N) is 3. The first kappa shape index (κ1) is 17.1. The van der Waals surface area contributed by atoms with Crippen molar-refractivity contribution < 1.29 is 0 Å². The zero-order valence-electron chi connectivity index (χ0n) is 14.4.